The molecule has 21 heavy (non-hydrogen) atoms. The van der Waals surface area contributed by atoms with E-state index in [1.807, 2.05) is 18.3 Å². The first-order valence-corrected chi connectivity index (χ1v) is 8.25. The Labute approximate surface area is 128 Å². The number of rotatable bonds is 9. The Kier molecular flexibility index (Phi) is 6.96. The summed E-state index contributed by atoms with van der Waals surface area (Å²) >= 11 is 0. The molecule has 1 N–H and O–H groups in total. The van der Waals surface area contributed by atoms with Crippen LogP contribution >= 0.6 is 0 Å². The van der Waals surface area contributed by atoms with Gasteiger partial charge in [0.2, 0.25) is 0 Å². The van der Waals surface area contributed by atoms with Crippen LogP contribution in [0.4, 0.5) is 0 Å². The molecule has 1 aromatic heterocycles. The molecule has 0 aromatic carbocycles. The molecule has 1 aromatic rings. The van der Waals surface area contributed by atoms with Crippen molar-refractivity contribution < 1.29 is 4.74 Å². The van der Waals surface area contributed by atoms with E-state index in [1.54, 1.807) is 0 Å². The fourth-order valence-corrected chi connectivity index (χ4v) is 2.57. The molecule has 0 unspecified atom stereocenters. The van der Waals surface area contributed by atoms with Gasteiger partial charge in [-0.1, -0.05) is 13.8 Å². The summed E-state index contributed by atoms with van der Waals surface area (Å²) < 4.78 is 5.75. The largest absolute Gasteiger partial charge is 0.492 e. The SMILES string of the molecule is CC(C)CNCc1ccc(OCCCN2CCCC2)cn1. The molecule has 118 valence electrons. The van der Waals surface area contributed by atoms with Crippen LogP contribution in [-0.4, -0.2) is 42.7 Å². The van der Waals surface area contributed by atoms with Crippen molar-refractivity contribution in [2.75, 3.05) is 32.8 Å². The number of nitrogens with one attached hydrogen (secondary N) is 1. The number of nitrogens with zero attached hydrogens (tertiary/aromatic N) is 2. The molecule has 4 heteroatoms. The summed E-state index contributed by atoms with van der Waals surface area (Å²) in [5.41, 5.74) is 1.07. The van der Waals surface area contributed by atoms with Crippen molar-refractivity contribution in [3.63, 3.8) is 0 Å². The molecule has 1 aliphatic rings. The summed E-state index contributed by atoms with van der Waals surface area (Å²) in [5, 5.41) is 3.40. The van der Waals surface area contributed by atoms with Gasteiger partial charge in [-0.05, 0) is 56.9 Å². The highest BCUT2D eigenvalue weighted by atomic mass is 16.5. The monoisotopic (exact) mass is 291 g/mol. The molecular formula is C17H29N3O. The molecule has 2 rings (SSSR count). The normalized spacial score (nSPS) is 15.8. The van der Waals surface area contributed by atoms with Crippen molar-refractivity contribution in [2.45, 2.75) is 39.7 Å². The average Bonchev–Trinajstić information content (AvgIpc) is 2.98. The van der Waals surface area contributed by atoms with Gasteiger partial charge in [0.1, 0.15) is 5.75 Å². The molecule has 0 aliphatic carbocycles. The fraction of sp³-hybridized carbons (Fsp3) is 0.706. The maximum Gasteiger partial charge on any atom is 0.137 e. The number of likely N-dealkylation sites (tertiary alicyclic amines) is 1. The van der Waals surface area contributed by atoms with E-state index in [4.69, 9.17) is 4.74 Å². The zero-order chi connectivity index (χ0) is 14.9. The van der Waals surface area contributed by atoms with Crippen LogP contribution in [0.15, 0.2) is 18.3 Å². The second-order valence-electron chi connectivity index (χ2n) is 6.26. The van der Waals surface area contributed by atoms with Gasteiger partial charge in [0.25, 0.3) is 0 Å². The van der Waals surface area contributed by atoms with Gasteiger partial charge < -0.3 is 15.0 Å². The summed E-state index contributed by atoms with van der Waals surface area (Å²) in [6.07, 6.45) is 5.65. The lowest BCUT2D eigenvalue weighted by atomic mass is 10.2. The van der Waals surface area contributed by atoms with Crippen molar-refractivity contribution in [1.29, 1.82) is 0 Å². The van der Waals surface area contributed by atoms with Gasteiger partial charge in [0.05, 0.1) is 18.5 Å². The Morgan fingerprint density at radius 2 is 2.10 bits per heavy atom. The predicted octanol–water partition coefficient (Wildman–Crippen LogP) is 2.69. The van der Waals surface area contributed by atoms with E-state index >= 15 is 0 Å². The maximum absolute atomic E-state index is 5.75. The lowest BCUT2D eigenvalue weighted by molar-refractivity contribution is 0.262. The van der Waals surface area contributed by atoms with Gasteiger partial charge in [-0.25, -0.2) is 0 Å². The van der Waals surface area contributed by atoms with Crippen LogP contribution < -0.4 is 10.1 Å². The molecule has 4 nitrogen and oxygen atoms in total. The quantitative estimate of drug-likeness (QED) is 0.710. The molecule has 1 aliphatic heterocycles. The molecule has 1 fully saturated rings. The van der Waals surface area contributed by atoms with Crippen molar-refractivity contribution >= 4 is 0 Å². The van der Waals surface area contributed by atoms with E-state index in [1.165, 1.54) is 25.9 Å². The minimum absolute atomic E-state index is 0.670. The number of aromatic nitrogens is 1. The molecular weight excluding hydrogens is 262 g/mol. The van der Waals surface area contributed by atoms with Crippen LogP contribution in [0.2, 0.25) is 0 Å². The summed E-state index contributed by atoms with van der Waals surface area (Å²) in [4.78, 5) is 6.95. The third-order valence-electron chi connectivity index (χ3n) is 3.74. The Hall–Kier alpha value is -1.13. The van der Waals surface area contributed by atoms with Crippen molar-refractivity contribution in [1.82, 2.24) is 15.2 Å². The number of ether oxygens (including phenoxy) is 1. The van der Waals surface area contributed by atoms with Crippen LogP contribution in [0.5, 0.6) is 5.75 Å². The van der Waals surface area contributed by atoms with Crippen LogP contribution in [0.25, 0.3) is 0 Å². The van der Waals surface area contributed by atoms with Crippen LogP contribution in [0, 0.1) is 5.92 Å². The van der Waals surface area contributed by atoms with Gasteiger partial charge in [-0.2, -0.15) is 0 Å². The standard InChI is InChI=1S/C17H29N3O/c1-15(2)12-18-13-16-6-7-17(14-19-16)21-11-5-10-20-8-3-4-9-20/h6-7,14-15,18H,3-5,8-13H2,1-2H3. The van der Waals surface area contributed by atoms with E-state index in [9.17, 15) is 0 Å². The highest BCUT2D eigenvalue weighted by molar-refractivity contribution is 5.19. The van der Waals surface area contributed by atoms with Crippen LogP contribution in [0.3, 0.4) is 0 Å². The molecule has 1 saturated heterocycles. The van der Waals surface area contributed by atoms with E-state index in [0.717, 1.165) is 44.1 Å². The first-order valence-electron chi connectivity index (χ1n) is 8.25. The van der Waals surface area contributed by atoms with E-state index in [0.29, 0.717) is 5.92 Å². The minimum Gasteiger partial charge on any atom is -0.492 e. The van der Waals surface area contributed by atoms with Crippen molar-refractivity contribution in [3.8, 4) is 5.75 Å². The summed E-state index contributed by atoms with van der Waals surface area (Å²) in [6.45, 7) is 10.7. The first kappa shape index (κ1) is 16.2. The van der Waals surface area contributed by atoms with Gasteiger partial charge in [-0.3, -0.25) is 4.98 Å². The zero-order valence-electron chi connectivity index (χ0n) is 13.5. The van der Waals surface area contributed by atoms with Crippen molar-refractivity contribution in [3.05, 3.63) is 24.0 Å². The molecule has 0 bridgehead atoms. The van der Waals surface area contributed by atoms with Crippen LogP contribution in [-0.2, 0) is 6.54 Å². The van der Waals surface area contributed by atoms with Gasteiger partial charge in [0.15, 0.2) is 0 Å². The second-order valence-corrected chi connectivity index (χ2v) is 6.26. The molecule has 0 amide bonds. The Balaban J connectivity index is 1.60. The molecule has 0 saturated carbocycles. The van der Waals surface area contributed by atoms with Crippen LogP contribution in [0.1, 0.15) is 38.8 Å². The zero-order valence-corrected chi connectivity index (χ0v) is 13.5. The first-order chi connectivity index (χ1) is 10.2. The summed E-state index contributed by atoms with van der Waals surface area (Å²) in [5.74, 6) is 1.55. The molecule has 0 spiro atoms. The average molecular weight is 291 g/mol. The van der Waals surface area contributed by atoms with Gasteiger partial charge in [-0.15, -0.1) is 0 Å². The van der Waals surface area contributed by atoms with Gasteiger partial charge >= 0.3 is 0 Å². The third-order valence-corrected chi connectivity index (χ3v) is 3.74. The third kappa shape index (κ3) is 6.44. The minimum atomic E-state index is 0.670. The Morgan fingerprint density at radius 3 is 2.76 bits per heavy atom. The highest BCUT2D eigenvalue weighted by Crippen LogP contribution is 2.11. The molecule has 0 radical (unpaired) electrons. The summed E-state index contributed by atoms with van der Waals surface area (Å²) in [7, 11) is 0. The topological polar surface area (TPSA) is 37.4 Å². The Morgan fingerprint density at radius 1 is 1.29 bits per heavy atom. The highest BCUT2D eigenvalue weighted by Gasteiger charge is 2.10. The van der Waals surface area contributed by atoms with Gasteiger partial charge in [0, 0.05) is 13.1 Å². The van der Waals surface area contributed by atoms with Crippen molar-refractivity contribution in [2.24, 2.45) is 5.92 Å². The lowest BCUT2D eigenvalue weighted by Crippen LogP contribution is -2.22. The second kappa shape index (κ2) is 9.00. The van der Waals surface area contributed by atoms with E-state index in [-0.39, 0.29) is 0 Å². The maximum atomic E-state index is 5.75. The smallest absolute Gasteiger partial charge is 0.137 e. The summed E-state index contributed by atoms with van der Waals surface area (Å²) in [6, 6.07) is 4.07. The number of hydrogen-bond donors (Lipinski definition) is 1. The number of hydrogen-bond acceptors (Lipinski definition) is 4. The molecule has 2 heterocycles. The number of pyridine rings is 1. The fourth-order valence-electron chi connectivity index (χ4n) is 2.57. The van der Waals surface area contributed by atoms with E-state index < -0.39 is 0 Å². The predicted molar refractivity (Wildman–Crippen MR) is 86.6 cm³/mol. The van der Waals surface area contributed by atoms with E-state index in [2.05, 4.69) is 29.0 Å². The lowest BCUT2D eigenvalue weighted by Gasteiger charge is -2.14. The Bertz CT molecular complexity index is 386. The molecule has 0 atom stereocenters.